The maximum atomic E-state index is 13.4. The second kappa shape index (κ2) is 10.7. The van der Waals surface area contributed by atoms with Crippen LogP contribution in [-0.4, -0.2) is 64.9 Å². The molecule has 3 N–H and O–H groups in total. The number of likely N-dealkylation sites (tertiary alicyclic amines) is 1. The number of carbonyl (C=O) groups is 2. The normalized spacial score (nSPS) is 22.8. The number of hydrogen-bond donors (Lipinski definition) is 2. The molecule has 0 aliphatic carbocycles. The van der Waals surface area contributed by atoms with Crippen LogP contribution in [0.15, 0.2) is 30.5 Å². The van der Waals surface area contributed by atoms with E-state index in [0.29, 0.717) is 37.0 Å². The number of nitrogen functional groups attached to an aromatic ring is 1. The van der Waals surface area contributed by atoms with Gasteiger partial charge in [-0.3, -0.25) is 9.59 Å². The molecule has 5 rings (SSSR count). The number of ether oxygens (including phenoxy) is 1. The Hall–Kier alpha value is -3.08. The Kier molecular flexibility index (Phi) is 7.41. The summed E-state index contributed by atoms with van der Waals surface area (Å²) in [6.45, 7) is 7.06. The first-order chi connectivity index (χ1) is 17.8. The zero-order valence-electron chi connectivity index (χ0n) is 21.6. The van der Waals surface area contributed by atoms with Crippen LogP contribution in [-0.2, 0) is 20.7 Å². The van der Waals surface area contributed by atoms with Gasteiger partial charge in [-0.15, -0.1) is 11.3 Å². The van der Waals surface area contributed by atoms with E-state index in [1.54, 1.807) is 22.3 Å². The van der Waals surface area contributed by atoms with Gasteiger partial charge in [0.15, 0.2) is 0 Å². The van der Waals surface area contributed by atoms with Crippen LogP contribution in [0, 0.1) is 5.92 Å². The van der Waals surface area contributed by atoms with E-state index in [2.05, 4.69) is 47.4 Å². The highest BCUT2D eigenvalue weighted by Crippen LogP contribution is 2.37. The van der Waals surface area contributed by atoms with Crippen LogP contribution in [0.4, 0.5) is 11.5 Å². The molecule has 0 radical (unpaired) electrons. The Balaban J connectivity index is 1.36. The van der Waals surface area contributed by atoms with E-state index < -0.39 is 11.8 Å². The SMILES string of the molecule is CCc1cc(NC(=O)C(=O)N2C[C@@H](C)CC[C@@H]2c2ccc3sc([C@@H]4CN(C)CCO4)nc3c2)cnc1N. The molecule has 3 aromatic rings. The van der Waals surface area contributed by atoms with Crippen LogP contribution in [0.25, 0.3) is 10.2 Å². The van der Waals surface area contributed by atoms with Crippen molar-refractivity contribution in [2.45, 2.75) is 45.3 Å². The van der Waals surface area contributed by atoms with Crippen molar-refractivity contribution in [1.29, 1.82) is 0 Å². The second-order valence-corrected chi connectivity index (χ2v) is 11.2. The number of nitrogens with two attached hydrogens (primary N) is 1. The summed E-state index contributed by atoms with van der Waals surface area (Å²) in [5, 5.41) is 3.70. The lowest BCUT2D eigenvalue weighted by Crippen LogP contribution is -2.46. The van der Waals surface area contributed by atoms with Gasteiger partial charge in [0.25, 0.3) is 0 Å². The predicted molar refractivity (Wildman–Crippen MR) is 145 cm³/mol. The number of nitrogens with one attached hydrogen (secondary N) is 1. The number of pyridine rings is 1. The lowest BCUT2D eigenvalue weighted by Gasteiger charge is -2.38. The van der Waals surface area contributed by atoms with Crippen LogP contribution < -0.4 is 11.1 Å². The third-order valence-corrected chi connectivity index (χ3v) is 8.40. The highest BCUT2D eigenvalue weighted by atomic mass is 32.1. The molecule has 2 saturated heterocycles. The fraction of sp³-hybridized carbons (Fsp3) is 0.481. The molecule has 0 unspecified atom stereocenters. The lowest BCUT2D eigenvalue weighted by molar-refractivity contribution is -0.146. The average Bonchev–Trinajstić information content (AvgIpc) is 3.33. The molecule has 2 amide bonds. The summed E-state index contributed by atoms with van der Waals surface area (Å²) in [5.41, 5.74) is 9.09. The van der Waals surface area contributed by atoms with E-state index in [-0.39, 0.29) is 12.1 Å². The van der Waals surface area contributed by atoms with E-state index >= 15 is 0 Å². The fourth-order valence-corrected chi connectivity index (χ4v) is 6.13. The molecule has 196 valence electrons. The summed E-state index contributed by atoms with van der Waals surface area (Å²) in [6, 6.07) is 7.79. The van der Waals surface area contributed by atoms with Crippen LogP contribution >= 0.6 is 11.3 Å². The van der Waals surface area contributed by atoms with Gasteiger partial charge < -0.3 is 25.6 Å². The first kappa shape index (κ1) is 25.6. The molecule has 4 heterocycles. The Morgan fingerprint density at radius 1 is 1.24 bits per heavy atom. The van der Waals surface area contributed by atoms with E-state index in [1.807, 2.05) is 6.92 Å². The molecule has 9 nitrogen and oxygen atoms in total. The number of piperidine rings is 1. The quantitative estimate of drug-likeness (QED) is 0.501. The van der Waals surface area contributed by atoms with Crippen molar-refractivity contribution in [3.05, 3.63) is 46.6 Å². The Bertz CT molecular complexity index is 1310. The van der Waals surface area contributed by atoms with Crippen molar-refractivity contribution in [3.8, 4) is 0 Å². The lowest BCUT2D eigenvalue weighted by atomic mass is 9.89. The first-order valence-electron chi connectivity index (χ1n) is 12.9. The minimum Gasteiger partial charge on any atom is -0.383 e. The van der Waals surface area contributed by atoms with Crippen LogP contribution in [0.5, 0.6) is 0 Å². The summed E-state index contributed by atoms with van der Waals surface area (Å²) in [4.78, 5) is 39.4. The summed E-state index contributed by atoms with van der Waals surface area (Å²) < 4.78 is 7.06. The van der Waals surface area contributed by atoms with Gasteiger partial charge in [-0.25, -0.2) is 9.97 Å². The fourth-order valence-electron chi connectivity index (χ4n) is 5.15. The summed E-state index contributed by atoms with van der Waals surface area (Å²) in [6.07, 6.45) is 3.93. The van der Waals surface area contributed by atoms with Gasteiger partial charge in [-0.05, 0) is 61.6 Å². The van der Waals surface area contributed by atoms with Crippen molar-refractivity contribution in [2.75, 3.05) is 44.3 Å². The van der Waals surface area contributed by atoms with Crippen LogP contribution in [0.2, 0.25) is 0 Å². The third kappa shape index (κ3) is 5.46. The summed E-state index contributed by atoms with van der Waals surface area (Å²) >= 11 is 1.66. The van der Waals surface area contributed by atoms with Crippen molar-refractivity contribution in [3.63, 3.8) is 0 Å². The molecular formula is C27H34N6O3S. The second-order valence-electron chi connectivity index (χ2n) is 10.1. The molecule has 2 fully saturated rings. The number of hydrogen-bond acceptors (Lipinski definition) is 8. The number of nitrogens with zero attached hydrogens (tertiary/aromatic N) is 4. The summed E-state index contributed by atoms with van der Waals surface area (Å²) in [5.74, 6) is -0.459. The number of likely N-dealkylation sites (N-methyl/N-ethyl adjacent to an activating group) is 1. The number of carbonyl (C=O) groups excluding carboxylic acids is 2. The van der Waals surface area contributed by atoms with Crippen molar-refractivity contribution >= 4 is 44.9 Å². The summed E-state index contributed by atoms with van der Waals surface area (Å²) in [7, 11) is 2.10. The number of aryl methyl sites for hydroxylation is 1. The number of aromatic nitrogens is 2. The van der Waals surface area contributed by atoms with Gasteiger partial charge in [0, 0.05) is 19.6 Å². The predicted octanol–water partition coefficient (Wildman–Crippen LogP) is 3.78. The zero-order valence-corrected chi connectivity index (χ0v) is 22.4. The molecule has 3 atom stereocenters. The topological polar surface area (TPSA) is 114 Å². The number of fused-ring (bicyclic) bond motifs is 1. The van der Waals surface area contributed by atoms with Crippen LogP contribution in [0.3, 0.4) is 0 Å². The Morgan fingerprint density at radius 3 is 2.86 bits per heavy atom. The van der Waals surface area contributed by atoms with Gasteiger partial charge in [0.1, 0.15) is 16.9 Å². The smallest absolute Gasteiger partial charge is 0.313 e. The van der Waals surface area contributed by atoms with E-state index in [1.165, 1.54) is 6.20 Å². The minimum atomic E-state index is -0.664. The number of thiazole rings is 1. The van der Waals surface area contributed by atoms with Crippen LogP contribution in [0.1, 0.15) is 55.0 Å². The number of morpholine rings is 1. The van der Waals surface area contributed by atoms with Crippen molar-refractivity contribution < 1.29 is 14.3 Å². The van der Waals surface area contributed by atoms with Crippen molar-refractivity contribution in [1.82, 2.24) is 19.8 Å². The molecule has 2 aromatic heterocycles. The molecule has 0 saturated carbocycles. The average molecular weight is 523 g/mol. The molecule has 0 bridgehead atoms. The van der Waals surface area contributed by atoms with Gasteiger partial charge in [0.2, 0.25) is 0 Å². The van der Waals surface area contributed by atoms with Gasteiger partial charge in [0.05, 0.1) is 34.7 Å². The molecule has 37 heavy (non-hydrogen) atoms. The number of benzene rings is 1. The number of amides is 2. The van der Waals surface area contributed by atoms with Gasteiger partial charge in [-0.1, -0.05) is 19.9 Å². The third-order valence-electron chi connectivity index (χ3n) is 7.27. The zero-order chi connectivity index (χ0) is 26.1. The van der Waals surface area contributed by atoms with Gasteiger partial charge in [-0.2, -0.15) is 0 Å². The Labute approximate surface area is 221 Å². The first-order valence-corrected chi connectivity index (χ1v) is 13.7. The monoisotopic (exact) mass is 522 g/mol. The van der Waals surface area contributed by atoms with Gasteiger partial charge >= 0.3 is 11.8 Å². The largest absolute Gasteiger partial charge is 0.383 e. The minimum absolute atomic E-state index is 0.0204. The maximum Gasteiger partial charge on any atom is 0.313 e. The Morgan fingerprint density at radius 2 is 2.08 bits per heavy atom. The molecule has 1 aromatic carbocycles. The molecule has 2 aliphatic rings. The highest BCUT2D eigenvalue weighted by Gasteiger charge is 2.34. The van der Waals surface area contributed by atoms with Crippen molar-refractivity contribution in [2.24, 2.45) is 5.92 Å². The molecular weight excluding hydrogens is 488 g/mol. The standard InChI is InChI=1S/C27H34N6O3S/c1-4-17-11-19(13-29-24(17)28)30-25(34)27(35)33-14-16(2)5-7-21(33)18-6-8-23-20(12-18)31-26(37-23)22-15-32(3)9-10-36-22/h6,8,11-13,16,21-22H,4-5,7,9-10,14-15H2,1-3H3,(H2,28,29)(H,30,34)/t16-,21+,22-/m0/s1. The van der Waals surface area contributed by atoms with E-state index in [4.69, 9.17) is 15.5 Å². The molecule has 0 spiro atoms. The van der Waals surface area contributed by atoms with E-state index in [9.17, 15) is 9.59 Å². The molecule has 10 heteroatoms. The highest BCUT2D eigenvalue weighted by molar-refractivity contribution is 7.18. The number of anilines is 2. The van der Waals surface area contributed by atoms with E-state index in [0.717, 1.165) is 52.3 Å². The molecule has 2 aliphatic heterocycles. The maximum absolute atomic E-state index is 13.4. The number of rotatable bonds is 4.